The van der Waals surface area contributed by atoms with Crippen LogP contribution in [-0.2, 0) is 15.0 Å². The number of nitrogens with zero attached hydrogens (tertiary/aromatic N) is 2. The number of carboxylic acids is 1. The summed E-state index contributed by atoms with van der Waals surface area (Å²) in [6, 6.07) is -0.192. The van der Waals surface area contributed by atoms with Crippen LogP contribution in [0, 0.1) is 5.92 Å². The maximum atomic E-state index is 13.6. The molecule has 6 N–H and O–H groups in total. The predicted molar refractivity (Wildman–Crippen MR) is 112 cm³/mol. The number of thioether (sulfide) groups is 1. The molecule has 10 nitrogen and oxygen atoms in total. The Kier molecular flexibility index (Phi) is 7.53. The molecule has 0 aromatic carbocycles. The largest absolute Gasteiger partial charge is 0.480 e. The molecule has 3 fully saturated rings. The van der Waals surface area contributed by atoms with Crippen LogP contribution in [0.25, 0.3) is 0 Å². The van der Waals surface area contributed by atoms with Crippen LogP contribution >= 0.6 is 11.8 Å². The first-order valence-corrected chi connectivity index (χ1v) is 12.7. The number of hydrogen-bond donors (Lipinski definition) is 5. The Balaban J connectivity index is 1.79. The number of carbonyl (C=O) groups is 1. The predicted octanol–water partition coefficient (Wildman–Crippen LogP) is -1.63. The van der Waals surface area contributed by atoms with Crippen molar-refractivity contribution in [2.24, 2.45) is 11.7 Å². The van der Waals surface area contributed by atoms with Crippen molar-refractivity contribution in [3.63, 3.8) is 0 Å². The van der Waals surface area contributed by atoms with Crippen molar-refractivity contribution in [1.82, 2.24) is 13.9 Å². The first-order valence-electron chi connectivity index (χ1n) is 10.1. The number of carboxylic acid groups (broad SMARTS) is 1. The first-order chi connectivity index (χ1) is 13.7. The molecule has 0 radical (unpaired) electrons. The van der Waals surface area contributed by atoms with Crippen LogP contribution < -0.4 is 11.1 Å². The monoisotopic (exact) mass is 450 g/mol. The molecule has 2 atom stereocenters. The number of hydrogen-bond acceptors (Lipinski definition) is 8. The highest BCUT2D eigenvalue weighted by atomic mass is 32.2. The van der Waals surface area contributed by atoms with E-state index in [0.717, 1.165) is 24.3 Å². The van der Waals surface area contributed by atoms with Crippen molar-refractivity contribution in [3.8, 4) is 0 Å². The van der Waals surface area contributed by atoms with E-state index in [4.69, 9.17) is 15.8 Å². The van der Waals surface area contributed by atoms with E-state index in [1.54, 1.807) is 4.31 Å². The van der Waals surface area contributed by atoms with E-state index in [1.165, 1.54) is 4.31 Å². The molecule has 0 unspecified atom stereocenters. The van der Waals surface area contributed by atoms with Crippen LogP contribution in [0.3, 0.4) is 0 Å². The Labute approximate surface area is 176 Å². The highest BCUT2D eigenvalue weighted by molar-refractivity contribution is 7.99. The van der Waals surface area contributed by atoms with Gasteiger partial charge >= 0.3 is 13.1 Å². The van der Waals surface area contributed by atoms with Gasteiger partial charge in [0.2, 0.25) is 0 Å². The summed E-state index contributed by atoms with van der Waals surface area (Å²) in [6.45, 7) is 0.961. The number of nitrogens with two attached hydrogens (primary N) is 1. The molecular formula is C16H31BN4O6S2. The van der Waals surface area contributed by atoms with Gasteiger partial charge in [0, 0.05) is 38.1 Å². The second kappa shape index (κ2) is 9.39. The summed E-state index contributed by atoms with van der Waals surface area (Å²) in [7, 11) is -5.34. The van der Waals surface area contributed by atoms with Gasteiger partial charge in [-0.3, -0.25) is 4.79 Å². The molecule has 0 bridgehead atoms. The van der Waals surface area contributed by atoms with Gasteiger partial charge in [-0.2, -0.15) is 28.8 Å². The SMILES string of the molecule is N[C@@]1(C(=O)O)CN(S(=O)(=O)N(C2CCSCC2)C2CNC2)C[C@@H]1CCCB(O)O. The van der Waals surface area contributed by atoms with Crippen LogP contribution in [0.4, 0.5) is 0 Å². The molecule has 3 saturated heterocycles. The highest BCUT2D eigenvalue weighted by Gasteiger charge is 2.54. The molecule has 0 amide bonds. The van der Waals surface area contributed by atoms with E-state index in [9.17, 15) is 18.3 Å². The van der Waals surface area contributed by atoms with Gasteiger partial charge in [-0.15, -0.1) is 0 Å². The summed E-state index contributed by atoms with van der Waals surface area (Å²) in [5, 5.41) is 30.9. The van der Waals surface area contributed by atoms with Gasteiger partial charge in [0.1, 0.15) is 5.54 Å². The zero-order valence-electron chi connectivity index (χ0n) is 16.4. The topological polar surface area (TPSA) is 156 Å². The molecule has 3 heterocycles. The van der Waals surface area contributed by atoms with Crippen molar-refractivity contribution in [2.75, 3.05) is 37.7 Å². The number of nitrogens with one attached hydrogen (secondary N) is 1. The molecule has 3 aliphatic rings. The maximum Gasteiger partial charge on any atom is 0.451 e. The minimum absolute atomic E-state index is 0.0325. The molecule has 29 heavy (non-hydrogen) atoms. The van der Waals surface area contributed by atoms with Crippen LogP contribution in [0.2, 0.25) is 6.32 Å². The second-order valence-electron chi connectivity index (χ2n) is 8.24. The van der Waals surface area contributed by atoms with Crippen LogP contribution in [0.5, 0.6) is 0 Å². The van der Waals surface area contributed by atoms with Crippen molar-refractivity contribution in [2.45, 2.75) is 49.6 Å². The zero-order chi connectivity index (χ0) is 21.2. The van der Waals surface area contributed by atoms with E-state index in [0.29, 0.717) is 25.9 Å². The second-order valence-corrected chi connectivity index (χ2v) is 11.3. The Morgan fingerprint density at radius 3 is 2.45 bits per heavy atom. The fourth-order valence-corrected chi connectivity index (χ4v) is 7.62. The van der Waals surface area contributed by atoms with Crippen molar-refractivity contribution in [3.05, 3.63) is 0 Å². The molecule has 0 aromatic rings. The lowest BCUT2D eigenvalue weighted by Crippen LogP contribution is -2.64. The van der Waals surface area contributed by atoms with Gasteiger partial charge in [0.05, 0.1) is 6.04 Å². The lowest BCUT2D eigenvalue weighted by Gasteiger charge is -2.44. The summed E-state index contributed by atoms with van der Waals surface area (Å²) < 4.78 is 30.0. The molecule has 0 spiro atoms. The Hall–Kier alpha value is -0.405. The third-order valence-corrected chi connectivity index (χ3v) is 9.38. The molecule has 3 rings (SSSR count). The number of aliphatic carboxylic acids is 1. The lowest BCUT2D eigenvalue weighted by molar-refractivity contribution is -0.144. The Morgan fingerprint density at radius 1 is 1.28 bits per heavy atom. The number of rotatable bonds is 9. The first kappa shape index (κ1) is 23.3. The van der Waals surface area contributed by atoms with E-state index >= 15 is 0 Å². The molecule has 3 aliphatic heterocycles. The fraction of sp³-hybridized carbons (Fsp3) is 0.938. The molecule has 13 heteroatoms. The normalized spacial score (nSPS) is 29.9. The van der Waals surface area contributed by atoms with Gasteiger partial charge in [-0.1, -0.05) is 6.42 Å². The van der Waals surface area contributed by atoms with E-state index in [2.05, 4.69) is 5.32 Å². The lowest BCUT2D eigenvalue weighted by atomic mass is 9.78. The molecule has 0 saturated carbocycles. The minimum atomic E-state index is -3.86. The average Bonchev–Trinajstić information content (AvgIpc) is 2.97. The van der Waals surface area contributed by atoms with Gasteiger partial charge in [0.15, 0.2) is 0 Å². The zero-order valence-corrected chi connectivity index (χ0v) is 18.1. The summed E-state index contributed by atoms with van der Waals surface area (Å²) in [4.78, 5) is 11.9. The summed E-state index contributed by atoms with van der Waals surface area (Å²) in [5.41, 5.74) is 4.51. The highest BCUT2D eigenvalue weighted by Crippen LogP contribution is 2.35. The van der Waals surface area contributed by atoms with E-state index in [-0.39, 0.29) is 31.5 Å². The maximum absolute atomic E-state index is 13.6. The fourth-order valence-electron chi connectivity index (χ4n) is 4.41. The summed E-state index contributed by atoms with van der Waals surface area (Å²) >= 11 is 1.82. The molecule has 0 aliphatic carbocycles. The quantitative estimate of drug-likeness (QED) is 0.260. The third kappa shape index (κ3) is 4.92. The van der Waals surface area contributed by atoms with Gasteiger partial charge in [0.25, 0.3) is 10.2 Å². The van der Waals surface area contributed by atoms with E-state index in [1.807, 2.05) is 11.8 Å². The van der Waals surface area contributed by atoms with Gasteiger partial charge in [-0.25, -0.2) is 0 Å². The average molecular weight is 450 g/mol. The summed E-state index contributed by atoms with van der Waals surface area (Å²) in [5.74, 6) is 0.0186. The van der Waals surface area contributed by atoms with Gasteiger partial charge in [-0.05, 0) is 37.1 Å². The Bertz CT molecular complexity index is 689. The Morgan fingerprint density at radius 2 is 1.93 bits per heavy atom. The molecular weight excluding hydrogens is 419 g/mol. The van der Waals surface area contributed by atoms with Crippen molar-refractivity contribution >= 4 is 35.1 Å². The summed E-state index contributed by atoms with van der Waals surface area (Å²) in [6.07, 6.45) is 2.35. The standard InChI is InChI=1S/C16H31BN4O6S2/c18-16(15(22)23)11-20(10-12(16)2-1-5-17(24)25)29(26,27)21(14-8-19-9-14)13-3-6-28-7-4-13/h12-14,19,24-25H,1-11,18H2,(H,22,23)/t12-,16-/m0/s1. The molecule has 166 valence electrons. The van der Waals surface area contributed by atoms with Crippen LogP contribution in [0.15, 0.2) is 0 Å². The van der Waals surface area contributed by atoms with Crippen LogP contribution in [-0.4, -0.2) is 101 Å². The minimum Gasteiger partial charge on any atom is -0.480 e. The smallest absolute Gasteiger partial charge is 0.451 e. The van der Waals surface area contributed by atoms with Crippen molar-refractivity contribution in [1.29, 1.82) is 0 Å². The van der Waals surface area contributed by atoms with Gasteiger partial charge < -0.3 is 26.2 Å². The molecule has 0 aromatic heterocycles. The van der Waals surface area contributed by atoms with E-state index < -0.39 is 34.8 Å². The van der Waals surface area contributed by atoms with Crippen LogP contribution in [0.1, 0.15) is 25.7 Å². The third-order valence-electron chi connectivity index (χ3n) is 6.27. The van der Waals surface area contributed by atoms with Crippen molar-refractivity contribution < 1.29 is 28.4 Å².